The Hall–Kier alpha value is -3.46. The van der Waals surface area contributed by atoms with Crippen molar-refractivity contribution < 1.29 is 14.3 Å². The van der Waals surface area contributed by atoms with E-state index in [4.69, 9.17) is 12.2 Å². The zero-order valence-electron chi connectivity index (χ0n) is 17.5. The molecule has 0 bridgehead atoms. The highest BCUT2D eigenvalue weighted by molar-refractivity contribution is 7.80. The lowest BCUT2D eigenvalue weighted by atomic mass is 10.1. The predicted molar refractivity (Wildman–Crippen MR) is 125 cm³/mol. The summed E-state index contributed by atoms with van der Waals surface area (Å²) < 4.78 is 16.6. The average molecular weight is 454 g/mol. The van der Waals surface area contributed by atoms with Gasteiger partial charge in [0.1, 0.15) is 5.82 Å². The van der Waals surface area contributed by atoms with E-state index in [0.29, 0.717) is 49.0 Å². The van der Waals surface area contributed by atoms with E-state index in [1.54, 1.807) is 10.6 Å². The van der Waals surface area contributed by atoms with Crippen molar-refractivity contribution in [3.05, 3.63) is 70.3 Å². The summed E-state index contributed by atoms with van der Waals surface area (Å²) in [6, 6.07) is 12.4. The lowest BCUT2D eigenvalue weighted by Gasteiger charge is -2.37. The maximum atomic E-state index is 15.0. The molecule has 0 unspecified atom stereocenters. The van der Waals surface area contributed by atoms with Crippen LogP contribution >= 0.6 is 12.2 Å². The maximum absolute atomic E-state index is 15.0. The zero-order chi connectivity index (χ0) is 22.8. The van der Waals surface area contributed by atoms with Gasteiger partial charge in [0.2, 0.25) is 0 Å². The highest BCUT2D eigenvalue weighted by atomic mass is 32.1. The molecule has 0 atom stereocenters. The van der Waals surface area contributed by atoms with Crippen LogP contribution in [0.3, 0.4) is 0 Å². The SMILES string of the molecule is CCn1cc(C(=O)[O-])c(=O)c2cc(F)c(N3CCN(C(=S)Nc4ccccc4)CC3)cc21. The van der Waals surface area contributed by atoms with Gasteiger partial charge in [-0.15, -0.1) is 0 Å². The van der Waals surface area contributed by atoms with Crippen LogP contribution in [0.5, 0.6) is 0 Å². The summed E-state index contributed by atoms with van der Waals surface area (Å²) in [7, 11) is 0. The lowest BCUT2D eigenvalue weighted by molar-refractivity contribution is -0.255. The normalized spacial score (nSPS) is 13.9. The molecule has 4 rings (SSSR count). The minimum atomic E-state index is -1.57. The number of anilines is 2. The Morgan fingerprint density at radius 2 is 1.84 bits per heavy atom. The van der Waals surface area contributed by atoms with Crippen LogP contribution in [0.1, 0.15) is 17.3 Å². The minimum Gasteiger partial charge on any atom is -0.545 e. The van der Waals surface area contributed by atoms with Crippen molar-refractivity contribution in [1.82, 2.24) is 9.47 Å². The molecule has 0 spiro atoms. The van der Waals surface area contributed by atoms with E-state index < -0.39 is 22.8 Å². The summed E-state index contributed by atoms with van der Waals surface area (Å²) in [6.07, 6.45) is 1.26. The first-order chi connectivity index (χ1) is 15.4. The average Bonchev–Trinajstić information content (AvgIpc) is 2.80. The number of hydrogen-bond acceptors (Lipinski definition) is 5. The van der Waals surface area contributed by atoms with E-state index in [2.05, 4.69) is 5.32 Å². The van der Waals surface area contributed by atoms with Gasteiger partial charge in [-0.25, -0.2) is 4.39 Å². The van der Waals surface area contributed by atoms with Crippen LogP contribution in [0, 0.1) is 5.82 Å². The molecule has 0 amide bonds. The molecule has 1 fully saturated rings. The number of thiocarbonyl (C=S) groups is 1. The van der Waals surface area contributed by atoms with Crippen LogP contribution in [-0.2, 0) is 6.54 Å². The largest absolute Gasteiger partial charge is 0.545 e. The van der Waals surface area contributed by atoms with Gasteiger partial charge in [-0.1, -0.05) is 18.2 Å². The fraction of sp³-hybridized carbons (Fsp3) is 0.261. The topological polar surface area (TPSA) is 80.6 Å². The number of nitrogens with zero attached hydrogens (tertiary/aromatic N) is 3. The quantitative estimate of drug-likeness (QED) is 0.606. The molecule has 1 saturated heterocycles. The molecule has 1 N–H and O–H groups in total. The minimum absolute atomic E-state index is 0.0293. The number of rotatable bonds is 4. The fourth-order valence-corrected chi connectivity index (χ4v) is 4.22. The number of halogens is 1. The van der Waals surface area contributed by atoms with Crippen molar-refractivity contribution in [2.24, 2.45) is 0 Å². The lowest BCUT2D eigenvalue weighted by Crippen LogP contribution is -2.50. The van der Waals surface area contributed by atoms with Gasteiger partial charge >= 0.3 is 0 Å². The maximum Gasteiger partial charge on any atom is 0.198 e. The molecule has 7 nitrogen and oxygen atoms in total. The highest BCUT2D eigenvalue weighted by Crippen LogP contribution is 2.26. The van der Waals surface area contributed by atoms with E-state index in [-0.39, 0.29) is 5.39 Å². The van der Waals surface area contributed by atoms with E-state index >= 15 is 0 Å². The first-order valence-corrected chi connectivity index (χ1v) is 10.7. The number of piperazine rings is 1. The van der Waals surface area contributed by atoms with Crippen molar-refractivity contribution in [2.75, 3.05) is 36.4 Å². The Kier molecular flexibility index (Phi) is 6.09. The molecule has 166 valence electrons. The van der Waals surface area contributed by atoms with Crippen molar-refractivity contribution in [3.63, 3.8) is 0 Å². The Bertz CT molecular complexity index is 1240. The second-order valence-corrected chi connectivity index (χ2v) is 7.92. The number of para-hydroxylation sites is 1. The molecule has 32 heavy (non-hydrogen) atoms. The first-order valence-electron chi connectivity index (χ1n) is 10.3. The number of aromatic carboxylic acids is 1. The molecule has 2 heterocycles. The summed E-state index contributed by atoms with van der Waals surface area (Å²) in [4.78, 5) is 27.7. The number of hydrogen-bond donors (Lipinski definition) is 1. The fourth-order valence-electron chi connectivity index (χ4n) is 3.92. The second kappa shape index (κ2) is 8.96. The number of carbonyl (C=O) groups excluding carboxylic acids is 1. The molecule has 0 radical (unpaired) electrons. The van der Waals surface area contributed by atoms with Crippen LogP contribution in [0.4, 0.5) is 15.8 Å². The molecule has 0 saturated carbocycles. The van der Waals surface area contributed by atoms with Crippen molar-refractivity contribution in [2.45, 2.75) is 13.5 Å². The first kappa shape index (κ1) is 21.8. The number of carboxylic acid groups (broad SMARTS) is 1. The van der Waals surface area contributed by atoms with Crippen LogP contribution in [0.2, 0.25) is 0 Å². The molecule has 1 aliphatic rings. The van der Waals surface area contributed by atoms with Gasteiger partial charge in [-0.3, -0.25) is 4.79 Å². The van der Waals surface area contributed by atoms with E-state index in [1.807, 2.05) is 47.1 Å². The molecule has 9 heteroatoms. The Balaban J connectivity index is 1.56. The van der Waals surface area contributed by atoms with Gasteiger partial charge < -0.3 is 29.6 Å². The molecular weight excluding hydrogens is 431 g/mol. The Labute approximate surface area is 189 Å². The zero-order valence-corrected chi connectivity index (χ0v) is 18.3. The number of aromatic nitrogens is 1. The molecular formula is C23H22FN4O3S-. The number of benzene rings is 2. The molecule has 1 aromatic heterocycles. The third-order valence-electron chi connectivity index (χ3n) is 5.64. The standard InChI is InChI=1S/C23H23FN4O3S/c1-2-26-14-17(22(30)31)21(29)16-12-18(24)20(13-19(16)26)27-8-10-28(11-9-27)23(32)25-15-6-4-3-5-7-15/h3-7,12-14H,2,8-11H2,1H3,(H,25,32)(H,30,31)/p-1. The van der Waals surface area contributed by atoms with Crippen LogP contribution in [-0.4, -0.2) is 46.7 Å². The smallest absolute Gasteiger partial charge is 0.198 e. The van der Waals surface area contributed by atoms with Crippen molar-refractivity contribution >= 4 is 45.6 Å². The number of carbonyl (C=O) groups is 1. The molecule has 0 aliphatic carbocycles. The second-order valence-electron chi connectivity index (χ2n) is 7.54. The van der Waals surface area contributed by atoms with Gasteiger partial charge in [0.15, 0.2) is 10.5 Å². The van der Waals surface area contributed by atoms with Crippen molar-refractivity contribution in [3.8, 4) is 0 Å². The van der Waals surface area contributed by atoms with Gasteiger partial charge in [0, 0.05) is 50.0 Å². The van der Waals surface area contributed by atoms with E-state index in [1.165, 1.54) is 6.20 Å². The van der Waals surface area contributed by atoms with E-state index in [0.717, 1.165) is 11.8 Å². The molecule has 3 aromatic rings. The van der Waals surface area contributed by atoms with Gasteiger partial charge in [-0.05, 0) is 43.4 Å². The Morgan fingerprint density at radius 1 is 1.16 bits per heavy atom. The molecule has 2 aromatic carbocycles. The number of nitrogens with one attached hydrogen (secondary N) is 1. The summed E-state index contributed by atoms with van der Waals surface area (Å²) in [5, 5.41) is 15.1. The van der Waals surface area contributed by atoms with Gasteiger partial charge in [0.05, 0.1) is 22.7 Å². The number of aryl methyl sites for hydroxylation is 1. The van der Waals surface area contributed by atoms with Crippen LogP contribution in [0.15, 0.2) is 53.5 Å². The summed E-state index contributed by atoms with van der Waals surface area (Å²) in [5.74, 6) is -2.13. The highest BCUT2D eigenvalue weighted by Gasteiger charge is 2.23. The number of carboxylic acids is 1. The summed E-state index contributed by atoms with van der Waals surface area (Å²) in [6.45, 7) is 4.57. The van der Waals surface area contributed by atoms with Crippen LogP contribution in [0.25, 0.3) is 10.9 Å². The van der Waals surface area contributed by atoms with Crippen LogP contribution < -0.4 is 20.8 Å². The number of fused-ring (bicyclic) bond motifs is 1. The summed E-state index contributed by atoms with van der Waals surface area (Å²) in [5.41, 5.74) is 0.565. The van der Waals surface area contributed by atoms with Crippen molar-refractivity contribution in [1.29, 1.82) is 0 Å². The Morgan fingerprint density at radius 3 is 2.47 bits per heavy atom. The summed E-state index contributed by atoms with van der Waals surface area (Å²) >= 11 is 5.51. The third-order valence-corrected chi connectivity index (χ3v) is 6.00. The number of pyridine rings is 1. The van der Waals surface area contributed by atoms with Gasteiger partial charge in [-0.2, -0.15) is 0 Å². The van der Waals surface area contributed by atoms with Gasteiger partial charge in [0.25, 0.3) is 0 Å². The monoisotopic (exact) mass is 453 g/mol. The molecule has 1 aliphatic heterocycles. The van der Waals surface area contributed by atoms with E-state index in [9.17, 15) is 19.1 Å². The third kappa shape index (κ3) is 4.16. The predicted octanol–water partition coefficient (Wildman–Crippen LogP) is 2.04.